The van der Waals surface area contributed by atoms with Crippen LogP contribution in [0.5, 0.6) is 5.88 Å². The Balaban J connectivity index is 1.25. The van der Waals surface area contributed by atoms with Gasteiger partial charge in [-0.1, -0.05) is 18.2 Å². The molecule has 2 aliphatic heterocycles. The molecule has 47 heavy (non-hydrogen) atoms. The summed E-state index contributed by atoms with van der Waals surface area (Å²) in [6.45, 7) is 0.737. The summed E-state index contributed by atoms with van der Waals surface area (Å²) in [7, 11) is 0. The van der Waals surface area contributed by atoms with Crippen LogP contribution >= 0.6 is 0 Å². The third-order valence-corrected chi connectivity index (χ3v) is 8.73. The van der Waals surface area contributed by atoms with Crippen LogP contribution in [0.15, 0.2) is 36.4 Å². The summed E-state index contributed by atoms with van der Waals surface area (Å²) in [5, 5.41) is 28.5. The van der Waals surface area contributed by atoms with Gasteiger partial charge in [0.2, 0.25) is 17.7 Å². The van der Waals surface area contributed by atoms with Gasteiger partial charge in [0.05, 0.1) is 11.6 Å². The first kappa shape index (κ1) is 33.2. The predicted octanol–water partition coefficient (Wildman–Crippen LogP) is 0.554. The van der Waals surface area contributed by atoms with Crippen LogP contribution in [0.25, 0.3) is 5.69 Å². The van der Waals surface area contributed by atoms with Gasteiger partial charge in [0.25, 0.3) is 11.8 Å². The Morgan fingerprint density at radius 3 is 2.26 bits per heavy atom. The van der Waals surface area contributed by atoms with Crippen LogP contribution < -0.4 is 15.4 Å². The van der Waals surface area contributed by atoms with Crippen molar-refractivity contribution >= 4 is 35.7 Å². The van der Waals surface area contributed by atoms with E-state index in [-0.39, 0.29) is 81.0 Å². The Hall–Kier alpha value is -5.15. The number of nitrogens with zero attached hydrogens (tertiary/aromatic N) is 5. The molecule has 3 heterocycles. The normalized spacial score (nSPS) is 18.6. The highest BCUT2D eigenvalue weighted by Gasteiger charge is 2.34. The Bertz CT molecular complexity index is 1490. The summed E-state index contributed by atoms with van der Waals surface area (Å²) in [4.78, 5) is 79.1. The molecule has 16 nitrogen and oxygen atoms in total. The lowest BCUT2D eigenvalue weighted by Gasteiger charge is -2.35. The summed E-state index contributed by atoms with van der Waals surface area (Å²) in [6, 6.07) is 9.12. The molecular weight excluding hydrogens is 614 g/mol. The highest BCUT2D eigenvalue weighted by molar-refractivity contribution is 5.96. The maximum atomic E-state index is 13.4. The van der Waals surface area contributed by atoms with E-state index in [1.807, 2.05) is 0 Å². The molecule has 5 amide bonds. The number of nitrogens with one attached hydrogen (secondary N) is 2. The molecule has 3 aliphatic rings. The lowest BCUT2D eigenvalue weighted by molar-refractivity contribution is -0.138. The first-order valence-electron chi connectivity index (χ1n) is 15.7. The van der Waals surface area contributed by atoms with Crippen molar-refractivity contribution in [2.24, 2.45) is 5.92 Å². The molecule has 2 saturated heterocycles. The summed E-state index contributed by atoms with van der Waals surface area (Å²) >= 11 is 0. The summed E-state index contributed by atoms with van der Waals surface area (Å²) in [6.07, 6.45) is 1.96. The molecule has 2 aromatic rings. The van der Waals surface area contributed by atoms with Gasteiger partial charge in [-0.25, -0.2) is 9.48 Å². The van der Waals surface area contributed by atoms with E-state index in [1.54, 1.807) is 35.2 Å². The first-order chi connectivity index (χ1) is 22.6. The van der Waals surface area contributed by atoms with Crippen LogP contribution in [0.1, 0.15) is 49.0 Å². The minimum absolute atomic E-state index is 0.0358. The molecule has 1 aliphatic carbocycles. The molecule has 0 bridgehead atoms. The van der Waals surface area contributed by atoms with Gasteiger partial charge in [-0.15, -0.1) is 0 Å². The molecule has 3 fully saturated rings. The fourth-order valence-corrected chi connectivity index (χ4v) is 5.73. The number of likely N-dealkylation sites (tertiary alicyclic amines) is 1. The number of amides is 5. The molecule has 252 valence electrons. The van der Waals surface area contributed by atoms with Crippen molar-refractivity contribution in [2.75, 3.05) is 45.9 Å². The minimum atomic E-state index is -1.20. The molecule has 1 saturated carbocycles. The lowest BCUT2D eigenvalue weighted by atomic mass is 9.92. The van der Waals surface area contributed by atoms with E-state index < -0.39 is 29.9 Å². The molecular formula is C31H39N7O9. The van der Waals surface area contributed by atoms with E-state index in [9.17, 15) is 39.0 Å². The number of ether oxygens (including phenoxy) is 1. The van der Waals surface area contributed by atoms with Crippen LogP contribution in [-0.4, -0.2) is 128 Å². The number of carbonyl (C=O) groups excluding carboxylic acids is 4. The van der Waals surface area contributed by atoms with Crippen molar-refractivity contribution in [3.8, 4) is 11.6 Å². The molecule has 2 unspecified atom stereocenters. The van der Waals surface area contributed by atoms with Crippen molar-refractivity contribution in [1.29, 1.82) is 0 Å². The zero-order chi connectivity index (χ0) is 33.5. The number of benzene rings is 1. The molecule has 0 radical (unpaired) electrons. The second-order valence-electron chi connectivity index (χ2n) is 11.9. The fourth-order valence-electron chi connectivity index (χ4n) is 5.73. The number of aliphatic carboxylic acids is 1. The molecule has 5 rings (SSSR count). The third-order valence-electron chi connectivity index (χ3n) is 8.73. The van der Waals surface area contributed by atoms with Gasteiger partial charge < -0.3 is 40.3 Å². The highest BCUT2D eigenvalue weighted by atomic mass is 16.5. The van der Waals surface area contributed by atoms with Crippen LogP contribution in [0, 0.1) is 5.92 Å². The van der Waals surface area contributed by atoms with Gasteiger partial charge in [0.15, 0.2) is 12.3 Å². The second-order valence-corrected chi connectivity index (χ2v) is 11.9. The van der Waals surface area contributed by atoms with E-state index in [2.05, 4.69) is 15.7 Å². The van der Waals surface area contributed by atoms with Crippen molar-refractivity contribution < 1.29 is 43.7 Å². The Morgan fingerprint density at radius 1 is 0.915 bits per heavy atom. The molecule has 16 heteroatoms. The van der Waals surface area contributed by atoms with Gasteiger partial charge in [-0.3, -0.25) is 24.0 Å². The largest absolute Gasteiger partial charge is 0.481 e. The SMILES string of the molecule is O=C(O)CCC(NC(=O)c1cc(OCC(=O)N2CCC(C(=O)NC3CCC3)C2)n(-c2ccccc2)n1)C(=O)N1CCN(C(=O)O)CC1. The quantitative estimate of drug-likeness (QED) is 0.251. The zero-order valence-corrected chi connectivity index (χ0v) is 25.9. The van der Waals surface area contributed by atoms with Gasteiger partial charge >= 0.3 is 12.1 Å². The number of carboxylic acids is 1. The van der Waals surface area contributed by atoms with Gasteiger partial charge in [-0.05, 0) is 44.2 Å². The summed E-state index contributed by atoms with van der Waals surface area (Å²) < 4.78 is 7.21. The Kier molecular flexibility index (Phi) is 10.6. The van der Waals surface area contributed by atoms with Crippen molar-refractivity contribution in [2.45, 2.75) is 50.6 Å². The monoisotopic (exact) mass is 653 g/mol. The number of piperazine rings is 1. The number of hydrogen-bond donors (Lipinski definition) is 4. The zero-order valence-electron chi connectivity index (χ0n) is 25.9. The van der Waals surface area contributed by atoms with Crippen LogP contribution in [0.3, 0.4) is 0 Å². The average molecular weight is 654 g/mol. The van der Waals surface area contributed by atoms with Crippen LogP contribution in [-0.2, 0) is 19.2 Å². The van der Waals surface area contributed by atoms with Gasteiger partial charge in [0, 0.05) is 57.8 Å². The van der Waals surface area contributed by atoms with E-state index in [0.717, 1.165) is 19.3 Å². The van der Waals surface area contributed by atoms with Gasteiger partial charge in [-0.2, -0.15) is 5.10 Å². The number of para-hydroxylation sites is 1. The molecule has 4 N–H and O–H groups in total. The lowest BCUT2D eigenvalue weighted by Crippen LogP contribution is -2.55. The number of rotatable bonds is 12. The maximum absolute atomic E-state index is 13.4. The second kappa shape index (κ2) is 15.0. The van der Waals surface area contributed by atoms with E-state index in [0.29, 0.717) is 25.2 Å². The fraction of sp³-hybridized carbons (Fsp3) is 0.516. The van der Waals surface area contributed by atoms with E-state index >= 15 is 0 Å². The number of hydrogen-bond acceptors (Lipinski definition) is 8. The topological polar surface area (TPSA) is 204 Å². The molecule has 1 aromatic heterocycles. The van der Waals surface area contributed by atoms with Crippen LogP contribution in [0.2, 0.25) is 0 Å². The van der Waals surface area contributed by atoms with Crippen molar-refractivity contribution in [1.82, 2.24) is 35.1 Å². The predicted molar refractivity (Wildman–Crippen MR) is 164 cm³/mol. The van der Waals surface area contributed by atoms with Crippen molar-refractivity contribution in [3.05, 3.63) is 42.1 Å². The average Bonchev–Trinajstić information content (AvgIpc) is 3.72. The third kappa shape index (κ3) is 8.37. The molecule has 2 atom stereocenters. The Labute approximate surface area is 270 Å². The standard InChI is InChI=1S/C31H39N7O9/c39-25(37-12-11-20(18-37)28(42)32-21-5-4-6-21)19-47-26-17-24(34-38(26)22-7-2-1-3-8-22)29(43)33-23(9-10-27(40)41)30(44)35-13-15-36(16-14-35)31(45)46/h1-3,7-8,17,20-21,23H,4-6,9-16,18-19H2,(H,32,42)(H,33,43)(H,40,41)(H,45,46). The number of carbonyl (C=O) groups is 6. The maximum Gasteiger partial charge on any atom is 0.407 e. The summed E-state index contributed by atoms with van der Waals surface area (Å²) in [5.74, 6) is -2.98. The highest BCUT2D eigenvalue weighted by Crippen LogP contribution is 2.23. The van der Waals surface area contributed by atoms with Crippen LogP contribution in [0.4, 0.5) is 4.79 Å². The van der Waals surface area contributed by atoms with Gasteiger partial charge in [0.1, 0.15) is 6.04 Å². The van der Waals surface area contributed by atoms with Crippen molar-refractivity contribution in [3.63, 3.8) is 0 Å². The van der Waals surface area contributed by atoms with E-state index in [4.69, 9.17) is 4.74 Å². The number of aromatic nitrogens is 2. The first-order valence-corrected chi connectivity index (χ1v) is 15.7. The Morgan fingerprint density at radius 2 is 1.62 bits per heavy atom. The minimum Gasteiger partial charge on any atom is -0.481 e. The summed E-state index contributed by atoms with van der Waals surface area (Å²) in [5.41, 5.74) is 0.409. The smallest absolute Gasteiger partial charge is 0.407 e. The van der Waals surface area contributed by atoms with E-state index in [1.165, 1.54) is 20.5 Å². The molecule has 0 spiro atoms. The molecule has 1 aromatic carbocycles. The number of carboxylic acid groups (broad SMARTS) is 2.